The van der Waals surface area contributed by atoms with Crippen LogP contribution in [0.3, 0.4) is 0 Å². The lowest BCUT2D eigenvalue weighted by atomic mass is 10.2. The van der Waals surface area contributed by atoms with E-state index >= 15 is 0 Å². The van der Waals surface area contributed by atoms with Gasteiger partial charge in [-0.2, -0.15) is 5.26 Å². The first kappa shape index (κ1) is 17.1. The first-order valence-electron chi connectivity index (χ1n) is 8.85. The fourth-order valence-corrected chi connectivity index (χ4v) is 3.27. The van der Waals surface area contributed by atoms with Gasteiger partial charge in [-0.05, 0) is 49.2 Å². The van der Waals surface area contributed by atoms with Crippen LogP contribution < -0.4 is 5.32 Å². The number of carbonyl (C=O) groups is 1. The van der Waals surface area contributed by atoms with E-state index in [2.05, 4.69) is 18.3 Å². The molecule has 2 aromatic rings. The third-order valence-corrected chi connectivity index (χ3v) is 4.68. The molecule has 0 aliphatic heterocycles. The molecular formula is C20H23N3O2. The molecule has 5 heteroatoms. The second kappa shape index (κ2) is 7.89. The Morgan fingerprint density at radius 1 is 1.20 bits per heavy atom. The Balaban J connectivity index is 1.73. The highest BCUT2D eigenvalue weighted by Gasteiger charge is 2.27. The van der Waals surface area contributed by atoms with Crippen molar-refractivity contribution in [1.82, 2.24) is 4.90 Å². The Bertz CT molecular complexity index is 752. The Kier molecular flexibility index (Phi) is 5.39. The number of nitriles is 1. The molecular weight excluding hydrogens is 314 g/mol. The zero-order valence-electron chi connectivity index (χ0n) is 14.5. The molecule has 0 radical (unpaired) electrons. The van der Waals surface area contributed by atoms with Crippen molar-refractivity contribution in [2.45, 2.75) is 51.6 Å². The van der Waals surface area contributed by atoms with E-state index in [9.17, 15) is 4.79 Å². The van der Waals surface area contributed by atoms with Gasteiger partial charge in [0.1, 0.15) is 11.5 Å². The van der Waals surface area contributed by atoms with Gasteiger partial charge in [0, 0.05) is 18.2 Å². The lowest BCUT2D eigenvalue weighted by Crippen LogP contribution is -2.41. The predicted molar refractivity (Wildman–Crippen MR) is 96.1 cm³/mol. The van der Waals surface area contributed by atoms with Gasteiger partial charge in [0.15, 0.2) is 0 Å². The highest BCUT2D eigenvalue weighted by molar-refractivity contribution is 5.89. The van der Waals surface area contributed by atoms with Crippen LogP contribution in [0.15, 0.2) is 40.8 Å². The van der Waals surface area contributed by atoms with E-state index in [1.54, 1.807) is 24.3 Å². The molecule has 0 saturated heterocycles. The summed E-state index contributed by atoms with van der Waals surface area (Å²) in [7, 11) is 0. The van der Waals surface area contributed by atoms with Crippen LogP contribution in [0.1, 0.15) is 49.7 Å². The van der Waals surface area contributed by atoms with E-state index in [1.807, 2.05) is 17.0 Å². The zero-order valence-corrected chi connectivity index (χ0v) is 14.5. The number of benzene rings is 1. The molecule has 1 heterocycles. The molecule has 1 N–H and O–H groups in total. The number of rotatable bonds is 5. The highest BCUT2D eigenvalue weighted by atomic mass is 16.3. The molecule has 2 amide bonds. The van der Waals surface area contributed by atoms with Gasteiger partial charge in [-0.15, -0.1) is 0 Å². The summed E-state index contributed by atoms with van der Waals surface area (Å²) in [5.74, 6) is 1.76. The smallest absolute Gasteiger partial charge is 0.322 e. The summed E-state index contributed by atoms with van der Waals surface area (Å²) in [6.07, 6.45) is 5.22. The van der Waals surface area contributed by atoms with Gasteiger partial charge in [-0.3, -0.25) is 0 Å². The van der Waals surface area contributed by atoms with E-state index in [0.29, 0.717) is 17.8 Å². The Hall–Kier alpha value is -2.74. The average Bonchev–Trinajstić information content (AvgIpc) is 3.32. The van der Waals surface area contributed by atoms with Crippen molar-refractivity contribution >= 4 is 11.7 Å². The SMILES string of the molecule is CCc1ccc(CN(C(=O)Nc2ccc(C#N)cc2)C2CCCC2)o1. The topological polar surface area (TPSA) is 69.3 Å². The van der Waals surface area contributed by atoms with Crippen molar-refractivity contribution in [2.75, 3.05) is 5.32 Å². The molecule has 5 nitrogen and oxygen atoms in total. The molecule has 0 unspecified atom stereocenters. The number of hydrogen-bond acceptors (Lipinski definition) is 3. The van der Waals surface area contributed by atoms with E-state index in [1.165, 1.54) is 0 Å². The van der Waals surface area contributed by atoms with Gasteiger partial charge in [0.2, 0.25) is 0 Å². The molecule has 1 aliphatic carbocycles. The molecule has 25 heavy (non-hydrogen) atoms. The molecule has 1 aromatic carbocycles. The molecule has 0 spiro atoms. The van der Waals surface area contributed by atoms with E-state index in [-0.39, 0.29) is 12.1 Å². The van der Waals surface area contributed by atoms with E-state index < -0.39 is 0 Å². The lowest BCUT2D eigenvalue weighted by Gasteiger charge is -2.28. The molecule has 1 aliphatic rings. The number of amides is 2. The maximum Gasteiger partial charge on any atom is 0.322 e. The third kappa shape index (κ3) is 4.21. The van der Waals surface area contributed by atoms with Crippen molar-refractivity contribution in [3.05, 3.63) is 53.5 Å². The van der Waals surface area contributed by atoms with Crippen LogP contribution in [0.5, 0.6) is 0 Å². The molecule has 1 aromatic heterocycles. The van der Waals surface area contributed by atoms with Crippen molar-refractivity contribution in [3.8, 4) is 6.07 Å². The van der Waals surface area contributed by atoms with Gasteiger partial charge in [-0.1, -0.05) is 19.8 Å². The summed E-state index contributed by atoms with van der Waals surface area (Å²) in [6, 6.07) is 13.1. The number of nitrogens with zero attached hydrogens (tertiary/aromatic N) is 2. The lowest BCUT2D eigenvalue weighted by molar-refractivity contribution is 0.177. The number of anilines is 1. The average molecular weight is 337 g/mol. The second-order valence-corrected chi connectivity index (χ2v) is 6.41. The fourth-order valence-electron chi connectivity index (χ4n) is 3.27. The van der Waals surface area contributed by atoms with Crippen LogP contribution in [-0.4, -0.2) is 17.0 Å². The van der Waals surface area contributed by atoms with E-state index in [4.69, 9.17) is 9.68 Å². The van der Waals surface area contributed by atoms with Gasteiger partial charge in [0.05, 0.1) is 18.2 Å². The normalized spacial score (nSPS) is 14.2. The number of carbonyl (C=O) groups excluding carboxylic acids is 1. The summed E-state index contributed by atoms with van der Waals surface area (Å²) in [4.78, 5) is 14.7. The van der Waals surface area contributed by atoms with Crippen LogP contribution in [-0.2, 0) is 13.0 Å². The minimum absolute atomic E-state index is 0.119. The maximum atomic E-state index is 12.8. The van der Waals surface area contributed by atoms with Gasteiger partial charge in [0.25, 0.3) is 0 Å². The van der Waals surface area contributed by atoms with Crippen LogP contribution >= 0.6 is 0 Å². The number of aryl methyl sites for hydroxylation is 1. The number of urea groups is 1. The van der Waals surface area contributed by atoms with Crippen molar-refractivity contribution in [2.24, 2.45) is 0 Å². The minimum atomic E-state index is -0.119. The van der Waals surface area contributed by atoms with Crippen LogP contribution in [0.4, 0.5) is 10.5 Å². The van der Waals surface area contributed by atoms with Crippen LogP contribution in [0.2, 0.25) is 0 Å². The highest BCUT2D eigenvalue weighted by Crippen LogP contribution is 2.26. The number of nitrogens with one attached hydrogen (secondary N) is 1. The summed E-state index contributed by atoms with van der Waals surface area (Å²) < 4.78 is 5.80. The predicted octanol–water partition coefficient (Wildman–Crippen LogP) is 4.69. The summed E-state index contributed by atoms with van der Waals surface area (Å²) in [5, 5.41) is 11.8. The standard InChI is InChI=1S/C20H23N3O2/c1-2-18-11-12-19(25-18)14-23(17-5-3-4-6-17)20(24)22-16-9-7-15(13-21)8-10-16/h7-12,17H,2-6,14H2,1H3,(H,22,24). The molecule has 130 valence electrons. The minimum Gasteiger partial charge on any atom is -0.464 e. The Labute approximate surface area is 148 Å². The fraction of sp³-hybridized carbons (Fsp3) is 0.400. The third-order valence-electron chi connectivity index (χ3n) is 4.68. The number of hydrogen-bond donors (Lipinski definition) is 1. The first-order valence-corrected chi connectivity index (χ1v) is 8.85. The quantitative estimate of drug-likeness (QED) is 0.860. The summed E-state index contributed by atoms with van der Waals surface area (Å²) >= 11 is 0. The first-order chi connectivity index (χ1) is 12.2. The zero-order chi connectivity index (χ0) is 17.6. The van der Waals surface area contributed by atoms with Gasteiger partial charge in [-0.25, -0.2) is 4.79 Å². The Morgan fingerprint density at radius 2 is 1.88 bits per heavy atom. The maximum absolute atomic E-state index is 12.8. The molecule has 1 saturated carbocycles. The van der Waals surface area contributed by atoms with Crippen LogP contribution in [0.25, 0.3) is 0 Å². The van der Waals surface area contributed by atoms with Crippen molar-refractivity contribution < 1.29 is 9.21 Å². The summed E-state index contributed by atoms with van der Waals surface area (Å²) in [5.41, 5.74) is 1.27. The summed E-state index contributed by atoms with van der Waals surface area (Å²) in [6.45, 7) is 2.53. The Morgan fingerprint density at radius 3 is 2.48 bits per heavy atom. The van der Waals surface area contributed by atoms with Crippen molar-refractivity contribution in [3.63, 3.8) is 0 Å². The largest absolute Gasteiger partial charge is 0.464 e. The number of furan rings is 1. The molecule has 1 fully saturated rings. The van der Waals surface area contributed by atoms with Crippen LogP contribution in [0, 0.1) is 11.3 Å². The van der Waals surface area contributed by atoms with Gasteiger partial charge < -0.3 is 14.6 Å². The van der Waals surface area contributed by atoms with Gasteiger partial charge >= 0.3 is 6.03 Å². The van der Waals surface area contributed by atoms with Crippen molar-refractivity contribution in [1.29, 1.82) is 5.26 Å². The molecule has 0 bridgehead atoms. The van der Waals surface area contributed by atoms with E-state index in [0.717, 1.165) is 43.6 Å². The molecule has 0 atom stereocenters. The second-order valence-electron chi connectivity index (χ2n) is 6.41. The molecule has 3 rings (SSSR count). The monoisotopic (exact) mass is 337 g/mol.